The Morgan fingerprint density at radius 2 is 0.976 bits per heavy atom. The van der Waals surface area contributed by atoms with Gasteiger partial charge in [0.1, 0.15) is 0 Å². The Kier molecular flexibility index (Phi) is 7.65. The van der Waals surface area contributed by atoms with Crippen molar-refractivity contribution in [3.63, 3.8) is 0 Å². The molecule has 0 aliphatic rings. The van der Waals surface area contributed by atoms with Crippen LogP contribution in [0.4, 0.5) is 0 Å². The molecule has 0 radical (unpaired) electrons. The van der Waals surface area contributed by atoms with Crippen LogP contribution in [-0.2, 0) is 12.8 Å². The Labute approximate surface area is 243 Å². The molecule has 0 atom stereocenters. The van der Waals surface area contributed by atoms with E-state index in [9.17, 15) is 0 Å². The predicted molar refractivity (Wildman–Crippen MR) is 172 cm³/mol. The van der Waals surface area contributed by atoms with Gasteiger partial charge in [0.15, 0.2) is 11.6 Å². The van der Waals surface area contributed by atoms with Crippen LogP contribution in [-0.4, -0.2) is 19.5 Å². The third-order valence-electron chi connectivity index (χ3n) is 7.98. The Morgan fingerprint density at radius 1 is 0.537 bits per heavy atom. The monoisotopic (exact) mass is 538 g/mol. The summed E-state index contributed by atoms with van der Waals surface area (Å²) in [6.45, 7) is 8.70. The maximum Gasteiger partial charge on any atom is 0.238 e. The van der Waals surface area contributed by atoms with E-state index >= 15 is 0 Å². The fourth-order valence-electron chi connectivity index (χ4n) is 5.53. The molecule has 0 N–H and O–H groups in total. The van der Waals surface area contributed by atoms with Crippen LogP contribution in [0.1, 0.15) is 61.8 Å². The van der Waals surface area contributed by atoms with Crippen LogP contribution in [0.5, 0.6) is 0 Å². The van der Waals surface area contributed by atoms with Gasteiger partial charge in [-0.05, 0) is 74.9 Å². The third-order valence-corrected chi connectivity index (χ3v) is 7.98. The van der Waals surface area contributed by atoms with Crippen molar-refractivity contribution >= 4 is 21.8 Å². The normalized spacial score (nSPS) is 11.5. The number of hydrogen-bond donors (Lipinski definition) is 0. The molecule has 4 aromatic carbocycles. The molecule has 4 heteroatoms. The average molecular weight is 539 g/mol. The summed E-state index contributed by atoms with van der Waals surface area (Å²) in [5.41, 5.74) is 9.41. The summed E-state index contributed by atoms with van der Waals surface area (Å²) in [6.07, 6.45) is 6.95. The van der Waals surface area contributed by atoms with Gasteiger partial charge in [-0.1, -0.05) is 98.5 Å². The van der Waals surface area contributed by atoms with Crippen molar-refractivity contribution in [1.82, 2.24) is 19.5 Å². The van der Waals surface area contributed by atoms with Crippen molar-refractivity contribution in [3.8, 4) is 28.7 Å². The molecular formula is C37H38N4. The molecule has 0 bridgehead atoms. The SMILES string of the molecule is CCCCc1ccc2c(c1)c1cc(CCCC)ccc1n2-c1nc(-c2ccc(C)cc2)nc(-c2ccc(C)cc2)n1. The number of benzene rings is 4. The molecule has 2 aromatic heterocycles. The molecule has 0 unspecified atom stereocenters. The first-order chi connectivity index (χ1) is 20.0. The molecule has 2 heterocycles. The Bertz CT molecular complexity index is 1680. The Hall–Kier alpha value is -4.31. The maximum absolute atomic E-state index is 5.10. The van der Waals surface area contributed by atoms with Crippen LogP contribution in [0.25, 0.3) is 50.5 Å². The van der Waals surface area contributed by atoms with Gasteiger partial charge in [-0.2, -0.15) is 9.97 Å². The van der Waals surface area contributed by atoms with Crippen LogP contribution < -0.4 is 0 Å². The minimum atomic E-state index is 0.647. The molecule has 0 saturated carbocycles. The zero-order chi connectivity index (χ0) is 28.3. The van der Waals surface area contributed by atoms with Gasteiger partial charge in [0.2, 0.25) is 5.95 Å². The molecule has 0 saturated heterocycles. The lowest BCUT2D eigenvalue weighted by Crippen LogP contribution is -2.06. The van der Waals surface area contributed by atoms with Crippen molar-refractivity contribution in [2.75, 3.05) is 0 Å². The van der Waals surface area contributed by atoms with Crippen molar-refractivity contribution < 1.29 is 0 Å². The van der Waals surface area contributed by atoms with Gasteiger partial charge in [0, 0.05) is 21.9 Å². The zero-order valence-corrected chi connectivity index (χ0v) is 24.6. The quantitative estimate of drug-likeness (QED) is 0.184. The van der Waals surface area contributed by atoms with Crippen molar-refractivity contribution in [2.24, 2.45) is 0 Å². The highest BCUT2D eigenvalue weighted by atomic mass is 15.2. The average Bonchev–Trinajstić information content (AvgIpc) is 3.32. The van der Waals surface area contributed by atoms with Crippen LogP contribution in [0.15, 0.2) is 84.9 Å². The fourth-order valence-corrected chi connectivity index (χ4v) is 5.53. The molecule has 6 rings (SSSR count). The second-order valence-corrected chi connectivity index (χ2v) is 11.3. The number of aromatic nitrogens is 4. The van der Waals surface area contributed by atoms with Gasteiger partial charge in [-0.3, -0.25) is 4.57 Å². The molecule has 0 spiro atoms. The van der Waals surface area contributed by atoms with Gasteiger partial charge in [-0.15, -0.1) is 0 Å². The van der Waals surface area contributed by atoms with E-state index in [1.165, 1.54) is 58.7 Å². The number of hydrogen-bond acceptors (Lipinski definition) is 3. The zero-order valence-electron chi connectivity index (χ0n) is 24.6. The predicted octanol–water partition coefficient (Wildman–Crippen LogP) is 9.60. The van der Waals surface area contributed by atoms with Crippen LogP contribution in [0, 0.1) is 13.8 Å². The second-order valence-electron chi connectivity index (χ2n) is 11.3. The summed E-state index contributed by atoms with van der Waals surface area (Å²) in [5.74, 6) is 2.01. The van der Waals surface area contributed by atoms with E-state index in [1.807, 2.05) is 0 Å². The van der Waals surface area contributed by atoms with Crippen molar-refractivity contribution in [3.05, 3.63) is 107 Å². The lowest BCUT2D eigenvalue weighted by atomic mass is 10.0. The van der Waals surface area contributed by atoms with Crippen LogP contribution in [0.3, 0.4) is 0 Å². The standard InChI is InChI=1S/C37H38N4/c1-5-7-9-27-15-21-33-31(23-27)32-24-28(10-8-6-2)16-22-34(32)41(33)37-39-35(29-17-11-25(3)12-18-29)38-36(40-37)30-19-13-26(4)14-20-30/h11-24H,5-10H2,1-4H3. The summed E-state index contributed by atoms with van der Waals surface area (Å²) in [6, 6.07) is 30.7. The molecule has 0 aliphatic carbocycles. The molecule has 6 aromatic rings. The number of rotatable bonds is 9. The lowest BCUT2D eigenvalue weighted by molar-refractivity contribution is 0.795. The van der Waals surface area contributed by atoms with Crippen molar-refractivity contribution in [2.45, 2.75) is 66.2 Å². The number of aryl methyl sites for hydroxylation is 4. The van der Waals surface area contributed by atoms with E-state index in [1.54, 1.807) is 0 Å². The van der Waals surface area contributed by atoms with E-state index in [-0.39, 0.29) is 0 Å². The van der Waals surface area contributed by atoms with Gasteiger partial charge < -0.3 is 0 Å². The number of unbranched alkanes of at least 4 members (excludes halogenated alkanes) is 2. The first kappa shape index (κ1) is 26.9. The first-order valence-electron chi connectivity index (χ1n) is 15.0. The van der Waals surface area contributed by atoms with Gasteiger partial charge in [-0.25, -0.2) is 4.98 Å². The number of nitrogens with zero attached hydrogens (tertiary/aromatic N) is 4. The van der Waals surface area contributed by atoms with Crippen LogP contribution in [0.2, 0.25) is 0 Å². The molecule has 41 heavy (non-hydrogen) atoms. The number of fused-ring (bicyclic) bond motifs is 3. The van der Waals surface area contributed by atoms with E-state index in [0.717, 1.165) is 35.0 Å². The fraction of sp³-hybridized carbons (Fsp3) is 0.270. The highest BCUT2D eigenvalue weighted by Crippen LogP contribution is 2.34. The summed E-state index contributed by atoms with van der Waals surface area (Å²) in [4.78, 5) is 15.2. The Morgan fingerprint density at radius 3 is 1.39 bits per heavy atom. The van der Waals surface area contributed by atoms with E-state index in [0.29, 0.717) is 17.6 Å². The van der Waals surface area contributed by atoms with E-state index < -0.39 is 0 Å². The molecule has 206 valence electrons. The molecule has 0 aliphatic heterocycles. The van der Waals surface area contributed by atoms with Crippen LogP contribution >= 0.6 is 0 Å². The van der Waals surface area contributed by atoms with Crippen molar-refractivity contribution in [1.29, 1.82) is 0 Å². The molecule has 4 nitrogen and oxygen atoms in total. The summed E-state index contributed by atoms with van der Waals surface area (Å²) >= 11 is 0. The van der Waals surface area contributed by atoms with Gasteiger partial charge in [0.25, 0.3) is 0 Å². The van der Waals surface area contributed by atoms with Gasteiger partial charge in [0.05, 0.1) is 11.0 Å². The third kappa shape index (κ3) is 5.52. The maximum atomic E-state index is 5.10. The first-order valence-corrected chi connectivity index (χ1v) is 15.0. The lowest BCUT2D eigenvalue weighted by Gasteiger charge is -2.11. The molecule has 0 amide bonds. The van der Waals surface area contributed by atoms with E-state index in [4.69, 9.17) is 15.0 Å². The minimum absolute atomic E-state index is 0.647. The summed E-state index contributed by atoms with van der Waals surface area (Å²) < 4.78 is 2.23. The van der Waals surface area contributed by atoms with Gasteiger partial charge >= 0.3 is 0 Å². The van der Waals surface area contributed by atoms with E-state index in [2.05, 4.69) is 117 Å². The minimum Gasteiger partial charge on any atom is -0.278 e. The second kappa shape index (κ2) is 11.7. The molecular weight excluding hydrogens is 500 g/mol. The summed E-state index contributed by atoms with van der Waals surface area (Å²) in [7, 11) is 0. The highest BCUT2D eigenvalue weighted by Gasteiger charge is 2.18. The topological polar surface area (TPSA) is 43.6 Å². The Balaban J connectivity index is 1.61. The largest absolute Gasteiger partial charge is 0.278 e. The highest BCUT2D eigenvalue weighted by molar-refractivity contribution is 6.09. The smallest absolute Gasteiger partial charge is 0.238 e. The molecule has 0 fully saturated rings. The summed E-state index contributed by atoms with van der Waals surface area (Å²) in [5, 5.41) is 2.53.